The first kappa shape index (κ1) is 24.9. The molecule has 0 fully saturated rings. The molecule has 0 radical (unpaired) electrons. The minimum atomic E-state index is -0.899. The van der Waals surface area contributed by atoms with Gasteiger partial charge in [0.25, 0.3) is 0 Å². The molecule has 0 heterocycles. The van der Waals surface area contributed by atoms with Crippen LogP contribution in [0.15, 0.2) is 0 Å². The first-order valence-corrected chi connectivity index (χ1v) is 9.11. The number of carbonyl (C=O) groups excluding carboxylic acids is 2. The van der Waals surface area contributed by atoms with Gasteiger partial charge < -0.3 is 19.1 Å². The average molecular weight is 384 g/mol. The lowest BCUT2D eigenvalue weighted by Crippen LogP contribution is -2.46. The first-order valence-electron chi connectivity index (χ1n) is 9.11. The normalized spacial score (nSPS) is 14.0. The predicted octanol–water partition coefficient (Wildman–Crippen LogP) is 2.09. The number of carbonyl (C=O) groups is 3. The Morgan fingerprint density at radius 2 is 1.67 bits per heavy atom. The fourth-order valence-electron chi connectivity index (χ4n) is 2.42. The Hall–Kier alpha value is -2.07. The van der Waals surface area contributed by atoms with Gasteiger partial charge in [-0.3, -0.25) is 9.59 Å². The lowest BCUT2D eigenvalue weighted by molar-refractivity contribution is -0.883. The van der Waals surface area contributed by atoms with E-state index in [9.17, 15) is 14.4 Å². The second kappa shape index (κ2) is 10.3. The molecule has 7 nitrogen and oxygen atoms in total. The van der Waals surface area contributed by atoms with Crippen molar-refractivity contribution >= 4 is 17.9 Å². The number of likely N-dealkylation sites (N-methyl/N-ethyl adjacent to an activating group) is 1. The number of terminal acetylenes is 1. The van der Waals surface area contributed by atoms with Crippen LogP contribution in [0.1, 0.15) is 47.0 Å². The van der Waals surface area contributed by atoms with E-state index in [1.807, 2.05) is 13.8 Å². The summed E-state index contributed by atoms with van der Waals surface area (Å²) in [7, 11) is 3.54. The van der Waals surface area contributed by atoms with Crippen LogP contribution in [0.2, 0.25) is 0 Å². The summed E-state index contributed by atoms with van der Waals surface area (Å²) in [6, 6.07) is 0. The maximum atomic E-state index is 12.6. The zero-order valence-electron chi connectivity index (χ0n) is 17.5. The van der Waals surface area contributed by atoms with E-state index in [1.165, 1.54) is 0 Å². The van der Waals surface area contributed by atoms with Crippen LogP contribution >= 0.6 is 0 Å². The number of rotatable bonds is 12. The van der Waals surface area contributed by atoms with Crippen molar-refractivity contribution in [2.75, 3.05) is 40.4 Å². The molecular formula is C20H34NO6+. The molecule has 0 aliphatic rings. The van der Waals surface area contributed by atoms with E-state index in [1.54, 1.807) is 27.9 Å². The molecule has 0 spiro atoms. The van der Waals surface area contributed by atoms with Crippen molar-refractivity contribution < 1.29 is 33.4 Å². The smallest absolute Gasteiger partial charge is 0.359 e. The molecule has 0 aliphatic heterocycles. The van der Waals surface area contributed by atoms with Gasteiger partial charge in [0, 0.05) is 0 Å². The number of nitrogens with zero attached hydrogens (tertiary/aromatic N) is 1. The second-order valence-corrected chi connectivity index (χ2v) is 8.43. The van der Waals surface area contributed by atoms with Crippen molar-refractivity contribution in [1.82, 2.24) is 0 Å². The lowest BCUT2D eigenvalue weighted by Gasteiger charge is -2.31. The van der Waals surface area contributed by atoms with Crippen LogP contribution < -0.4 is 0 Å². The van der Waals surface area contributed by atoms with Crippen LogP contribution in [-0.2, 0) is 23.9 Å². The van der Waals surface area contributed by atoms with Crippen molar-refractivity contribution in [2.24, 2.45) is 10.8 Å². The molecule has 0 aromatic rings. The van der Waals surface area contributed by atoms with Gasteiger partial charge >= 0.3 is 17.9 Å². The Morgan fingerprint density at radius 3 is 2.15 bits per heavy atom. The van der Waals surface area contributed by atoms with Crippen LogP contribution in [0.4, 0.5) is 0 Å². The highest BCUT2D eigenvalue weighted by molar-refractivity contribution is 5.78. The van der Waals surface area contributed by atoms with Gasteiger partial charge in [0.2, 0.25) is 0 Å². The van der Waals surface area contributed by atoms with Crippen molar-refractivity contribution in [1.29, 1.82) is 0 Å². The van der Waals surface area contributed by atoms with Gasteiger partial charge in [0.05, 0.1) is 24.9 Å². The highest BCUT2D eigenvalue weighted by atomic mass is 16.5. The number of carboxylic acid groups (broad SMARTS) is 1. The quantitative estimate of drug-likeness (QED) is 0.315. The molecule has 7 heteroatoms. The van der Waals surface area contributed by atoms with Gasteiger partial charge in [-0.2, -0.15) is 0 Å². The molecule has 0 rings (SSSR count). The summed E-state index contributed by atoms with van der Waals surface area (Å²) < 4.78 is 10.6. The van der Waals surface area contributed by atoms with Gasteiger partial charge in [-0.25, -0.2) is 4.79 Å². The fraction of sp³-hybridized carbons (Fsp3) is 0.750. The van der Waals surface area contributed by atoms with Crippen LogP contribution in [0.3, 0.4) is 0 Å². The monoisotopic (exact) mass is 384 g/mol. The number of hydrogen-bond donors (Lipinski definition) is 1. The fourth-order valence-corrected chi connectivity index (χ4v) is 2.42. The molecule has 0 saturated heterocycles. The summed E-state index contributed by atoms with van der Waals surface area (Å²) in [5.74, 6) is 0.636. The average Bonchev–Trinajstić information content (AvgIpc) is 2.55. The lowest BCUT2D eigenvalue weighted by atomic mass is 9.76. The van der Waals surface area contributed by atoms with Gasteiger partial charge in [0.1, 0.15) is 13.2 Å². The number of carboxylic acids is 1. The Morgan fingerprint density at radius 1 is 1.07 bits per heavy atom. The van der Waals surface area contributed by atoms with E-state index >= 15 is 0 Å². The molecule has 1 unspecified atom stereocenters. The maximum absolute atomic E-state index is 12.6. The van der Waals surface area contributed by atoms with Crippen LogP contribution in [-0.4, -0.2) is 67.9 Å². The van der Waals surface area contributed by atoms with Crippen LogP contribution in [0, 0.1) is 23.2 Å². The summed E-state index contributed by atoms with van der Waals surface area (Å²) in [6.07, 6.45) is 6.59. The predicted molar refractivity (Wildman–Crippen MR) is 102 cm³/mol. The standard InChI is InChI=1S/C20H33NO6/c1-8-13-26-17(24)19(3,4)10-11-20(5,9-2)18(25)27-14-12-21(6,7)15-16(22)23/h1H,9-15H2,2-7H3/p+1. The third-order valence-electron chi connectivity index (χ3n) is 4.91. The number of esters is 2. The molecule has 0 aliphatic carbocycles. The Bertz CT molecular complexity index is 576. The summed E-state index contributed by atoms with van der Waals surface area (Å²) in [4.78, 5) is 35.5. The number of quaternary nitrogens is 1. The highest BCUT2D eigenvalue weighted by Gasteiger charge is 2.38. The van der Waals surface area contributed by atoms with Crippen LogP contribution in [0.5, 0.6) is 0 Å². The zero-order valence-corrected chi connectivity index (χ0v) is 17.5. The first-order chi connectivity index (χ1) is 12.3. The molecular weight excluding hydrogens is 350 g/mol. The second-order valence-electron chi connectivity index (χ2n) is 8.43. The van der Waals surface area contributed by atoms with E-state index in [0.717, 1.165) is 0 Å². The largest absolute Gasteiger partial charge is 0.477 e. The van der Waals surface area contributed by atoms with Crippen LogP contribution in [0.25, 0.3) is 0 Å². The summed E-state index contributed by atoms with van der Waals surface area (Å²) in [5.41, 5.74) is -1.48. The molecule has 0 aromatic heterocycles. The summed E-state index contributed by atoms with van der Waals surface area (Å²) >= 11 is 0. The van der Waals surface area contributed by atoms with E-state index in [2.05, 4.69) is 5.92 Å². The minimum Gasteiger partial charge on any atom is -0.477 e. The van der Waals surface area contributed by atoms with Gasteiger partial charge in [-0.15, -0.1) is 6.42 Å². The maximum Gasteiger partial charge on any atom is 0.359 e. The Balaban J connectivity index is 4.73. The van der Waals surface area contributed by atoms with Gasteiger partial charge in [0.15, 0.2) is 13.2 Å². The van der Waals surface area contributed by atoms with E-state index in [-0.39, 0.29) is 36.2 Å². The van der Waals surface area contributed by atoms with Crippen molar-refractivity contribution in [3.05, 3.63) is 0 Å². The molecule has 0 saturated carbocycles. The SMILES string of the molecule is C#CCOC(=O)C(C)(C)CCC(C)(CC)C(=O)OCC[N+](C)(C)CC(=O)O. The van der Waals surface area contributed by atoms with Gasteiger partial charge in [-0.1, -0.05) is 12.8 Å². The van der Waals surface area contributed by atoms with E-state index in [4.69, 9.17) is 21.0 Å². The number of hydrogen-bond acceptors (Lipinski definition) is 5. The third-order valence-corrected chi connectivity index (χ3v) is 4.91. The number of ether oxygens (including phenoxy) is 2. The number of aliphatic carboxylic acids is 1. The molecule has 27 heavy (non-hydrogen) atoms. The van der Waals surface area contributed by atoms with E-state index in [0.29, 0.717) is 25.8 Å². The van der Waals surface area contributed by atoms with Crippen molar-refractivity contribution in [2.45, 2.75) is 47.0 Å². The minimum absolute atomic E-state index is 0.0451. The summed E-state index contributed by atoms with van der Waals surface area (Å²) in [5, 5.41) is 8.90. The molecule has 0 amide bonds. The molecule has 0 bridgehead atoms. The third kappa shape index (κ3) is 8.91. The Kier molecular flexibility index (Phi) is 9.52. The summed E-state index contributed by atoms with van der Waals surface area (Å²) in [6.45, 7) is 7.67. The highest BCUT2D eigenvalue weighted by Crippen LogP contribution is 2.35. The molecule has 0 aromatic carbocycles. The molecule has 154 valence electrons. The van der Waals surface area contributed by atoms with Crippen molar-refractivity contribution in [3.8, 4) is 12.3 Å². The van der Waals surface area contributed by atoms with Gasteiger partial charge in [-0.05, 0) is 40.0 Å². The van der Waals surface area contributed by atoms with Crippen molar-refractivity contribution in [3.63, 3.8) is 0 Å². The zero-order chi connectivity index (χ0) is 21.3. The molecule has 1 N–H and O–H groups in total. The topological polar surface area (TPSA) is 89.9 Å². The molecule has 1 atom stereocenters. The Labute approximate surface area is 162 Å². The van der Waals surface area contributed by atoms with E-state index < -0.39 is 16.8 Å².